The maximum absolute atomic E-state index is 14.0. The minimum Gasteiger partial charge on any atom is -0.494 e. The Morgan fingerprint density at radius 3 is 2.42 bits per heavy atom. The normalized spacial score (nSPS) is 12.2. The lowest BCUT2D eigenvalue weighted by Gasteiger charge is -2.20. The van der Waals surface area contributed by atoms with Crippen molar-refractivity contribution in [1.29, 1.82) is 0 Å². The first kappa shape index (κ1) is 25.1. The summed E-state index contributed by atoms with van der Waals surface area (Å²) in [5.74, 6) is -0.0648. The lowest BCUT2D eigenvalue weighted by molar-refractivity contribution is 0.0964. The van der Waals surface area contributed by atoms with Gasteiger partial charge in [0.2, 0.25) is 5.78 Å². The second-order valence-corrected chi connectivity index (χ2v) is 10.3. The van der Waals surface area contributed by atoms with Gasteiger partial charge < -0.3 is 10.1 Å². The van der Waals surface area contributed by atoms with Crippen LogP contribution in [0.1, 0.15) is 29.0 Å². The second kappa shape index (κ2) is 10.3. The van der Waals surface area contributed by atoms with Crippen LogP contribution in [-0.4, -0.2) is 36.8 Å². The summed E-state index contributed by atoms with van der Waals surface area (Å²) in [4.78, 5) is 14.1. The molecule has 3 aromatic carbocycles. The number of nitrogens with zero attached hydrogens (tertiary/aromatic N) is 2. The molecule has 0 bridgehead atoms. The van der Waals surface area contributed by atoms with Gasteiger partial charge in [0.15, 0.2) is 9.84 Å². The van der Waals surface area contributed by atoms with Gasteiger partial charge in [-0.3, -0.25) is 9.48 Å². The molecule has 7 nitrogen and oxygen atoms in total. The summed E-state index contributed by atoms with van der Waals surface area (Å²) in [7, 11) is -1.69. The molecule has 36 heavy (non-hydrogen) atoms. The van der Waals surface area contributed by atoms with E-state index < -0.39 is 15.9 Å². The van der Waals surface area contributed by atoms with E-state index in [0.717, 1.165) is 6.26 Å². The molecule has 186 valence electrons. The minimum absolute atomic E-state index is 0.153. The molecular weight excluding hydrogens is 481 g/mol. The number of carbonyl (C=O) groups is 1. The molecule has 1 atom stereocenters. The summed E-state index contributed by atoms with van der Waals surface area (Å²) in [5, 5.41) is 7.67. The molecule has 9 heteroatoms. The maximum atomic E-state index is 14.0. The van der Waals surface area contributed by atoms with Crippen molar-refractivity contribution in [3.8, 4) is 16.9 Å². The third-order valence-corrected chi connectivity index (χ3v) is 6.71. The average Bonchev–Trinajstić information content (AvgIpc) is 3.24. The van der Waals surface area contributed by atoms with E-state index in [4.69, 9.17) is 4.74 Å². The quantitative estimate of drug-likeness (QED) is 0.318. The first-order valence-corrected chi connectivity index (χ1v) is 13.2. The zero-order valence-electron chi connectivity index (χ0n) is 20.1. The first-order chi connectivity index (χ1) is 17.2. The SMILES string of the molecule is CCOc1cccc(NC(C(=O)c2nn(C)cc2-c2ccc(F)cc2)c2ccc(S(C)(=O)=O)cc2)c1. The van der Waals surface area contributed by atoms with Crippen LogP contribution in [0.3, 0.4) is 0 Å². The summed E-state index contributed by atoms with van der Waals surface area (Å²) >= 11 is 0. The van der Waals surface area contributed by atoms with Gasteiger partial charge >= 0.3 is 0 Å². The Morgan fingerprint density at radius 2 is 1.78 bits per heavy atom. The predicted molar refractivity (Wildman–Crippen MR) is 136 cm³/mol. The number of ether oxygens (including phenoxy) is 1. The van der Waals surface area contributed by atoms with Gasteiger partial charge in [-0.05, 0) is 54.4 Å². The Hall–Kier alpha value is -3.98. The monoisotopic (exact) mass is 507 g/mol. The van der Waals surface area contributed by atoms with E-state index in [9.17, 15) is 17.6 Å². The Balaban J connectivity index is 1.78. The Bertz CT molecular complexity index is 1480. The number of sulfone groups is 1. The smallest absolute Gasteiger partial charge is 0.210 e. The van der Waals surface area contributed by atoms with Crippen molar-refractivity contribution in [2.45, 2.75) is 17.9 Å². The third kappa shape index (κ3) is 5.63. The predicted octanol–water partition coefficient (Wildman–Crippen LogP) is 5.06. The number of halogens is 1. The topological polar surface area (TPSA) is 90.3 Å². The van der Waals surface area contributed by atoms with Gasteiger partial charge in [-0.1, -0.05) is 30.3 Å². The van der Waals surface area contributed by atoms with Crippen molar-refractivity contribution in [3.63, 3.8) is 0 Å². The van der Waals surface area contributed by atoms with Crippen LogP contribution in [-0.2, 0) is 16.9 Å². The van der Waals surface area contributed by atoms with Crippen molar-refractivity contribution >= 4 is 21.3 Å². The van der Waals surface area contributed by atoms with Gasteiger partial charge in [-0.25, -0.2) is 12.8 Å². The fourth-order valence-corrected chi connectivity index (χ4v) is 4.50. The van der Waals surface area contributed by atoms with E-state index in [1.165, 1.54) is 28.9 Å². The fraction of sp³-hybridized carbons (Fsp3) is 0.185. The molecule has 1 unspecified atom stereocenters. The van der Waals surface area contributed by atoms with Crippen molar-refractivity contribution in [1.82, 2.24) is 9.78 Å². The number of anilines is 1. The summed E-state index contributed by atoms with van der Waals surface area (Å²) in [6.45, 7) is 2.38. The highest BCUT2D eigenvalue weighted by Gasteiger charge is 2.28. The second-order valence-electron chi connectivity index (χ2n) is 8.32. The van der Waals surface area contributed by atoms with E-state index in [0.29, 0.717) is 34.7 Å². The summed E-state index contributed by atoms with van der Waals surface area (Å²) < 4.78 is 44.5. The minimum atomic E-state index is -3.40. The summed E-state index contributed by atoms with van der Waals surface area (Å²) in [6, 6.07) is 18.4. The van der Waals surface area contributed by atoms with Gasteiger partial charge in [0.05, 0.1) is 11.5 Å². The highest BCUT2D eigenvalue weighted by molar-refractivity contribution is 7.90. The number of aromatic nitrogens is 2. The summed E-state index contributed by atoms with van der Waals surface area (Å²) in [5.41, 5.74) is 2.62. The lowest BCUT2D eigenvalue weighted by Crippen LogP contribution is -2.22. The molecule has 1 heterocycles. The number of ketones is 1. The molecule has 0 saturated heterocycles. The molecule has 4 aromatic rings. The fourth-order valence-electron chi connectivity index (χ4n) is 3.86. The maximum Gasteiger partial charge on any atom is 0.210 e. The zero-order chi connectivity index (χ0) is 25.9. The Labute approximate surface area is 209 Å². The van der Waals surface area contributed by atoms with Crippen LogP contribution in [0.4, 0.5) is 10.1 Å². The van der Waals surface area contributed by atoms with Crippen LogP contribution in [0.5, 0.6) is 5.75 Å². The van der Waals surface area contributed by atoms with Gasteiger partial charge in [-0.15, -0.1) is 0 Å². The number of nitrogens with one attached hydrogen (secondary N) is 1. The Morgan fingerprint density at radius 1 is 1.08 bits per heavy atom. The molecule has 1 N–H and O–H groups in total. The van der Waals surface area contributed by atoms with Crippen molar-refractivity contribution < 1.29 is 22.3 Å². The number of hydrogen-bond donors (Lipinski definition) is 1. The number of hydrogen-bond acceptors (Lipinski definition) is 6. The largest absolute Gasteiger partial charge is 0.494 e. The molecular formula is C27H26FN3O4S. The number of Topliss-reactive ketones (excluding diaryl/α,β-unsaturated/α-hetero) is 1. The van der Waals surface area contributed by atoms with Crippen molar-refractivity contribution in [3.05, 3.63) is 96.1 Å². The highest BCUT2D eigenvalue weighted by atomic mass is 32.2. The molecule has 0 amide bonds. The molecule has 0 saturated carbocycles. The zero-order valence-corrected chi connectivity index (χ0v) is 20.9. The number of rotatable bonds is 9. The molecule has 4 rings (SSSR count). The van der Waals surface area contributed by atoms with Crippen LogP contribution < -0.4 is 10.1 Å². The van der Waals surface area contributed by atoms with Crippen LogP contribution in [0.15, 0.2) is 83.9 Å². The van der Waals surface area contributed by atoms with Crippen LogP contribution in [0, 0.1) is 5.82 Å². The molecule has 1 aromatic heterocycles. The van der Waals surface area contributed by atoms with E-state index in [1.807, 2.05) is 25.1 Å². The van der Waals surface area contributed by atoms with Crippen LogP contribution in [0.25, 0.3) is 11.1 Å². The van der Waals surface area contributed by atoms with Crippen LogP contribution in [0.2, 0.25) is 0 Å². The van der Waals surface area contributed by atoms with Crippen molar-refractivity contribution in [2.24, 2.45) is 7.05 Å². The molecule has 0 aliphatic heterocycles. The van der Waals surface area contributed by atoms with E-state index in [2.05, 4.69) is 10.4 Å². The molecule has 0 fully saturated rings. The molecule has 0 radical (unpaired) electrons. The van der Waals surface area contributed by atoms with E-state index >= 15 is 0 Å². The van der Waals surface area contributed by atoms with E-state index in [1.54, 1.807) is 43.6 Å². The van der Waals surface area contributed by atoms with Gasteiger partial charge in [0.25, 0.3) is 0 Å². The first-order valence-electron chi connectivity index (χ1n) is 11.3. The average molecular weight is 508 g/mol. The van der Waals surface area contributed by atoms with Crippen molar-refractivity contribution in [2.75, 3.05) is 18.2 Å². The van der Waals surface area contributed by atoms with Gasteiger partial charge in [0.1, 0.15) is 23.3 Å². The number of benzene rings is 3. The number of carbonyl (C=O) groups excluding carboxylic acids is 1. The van der Waals surface area contributed by atoms with E-state index in [-0.39, 0.29) is 22.2 Å². The Kier molecular flexibility index (Phi) is 7.21. The van der Waals surface area contributed by atoms with Gasteiger partial charge in [0, 0.05) is 36.8 Å². The molecule has 0 spiro atoms. The molecule has 0 aliphatic rings. The molecule has 0 aliphatic carbocycles. The standard InChI is InChI=1S/C27H26FN3O4S/c1-4-35-22-7-5-6-21(16-22)29-25(19-10-14-23(15-11-19)36(3,33)34)27(32)26-24(17-31(2)30-26)18-8-12-20(28)13-9-18/h5-17,25,29H,4H2,1-3H3. The van der Waals surface area contributed by atoms with Crippen LogP contribution >= 0.6 is 0 Å². The number of aryl methyl sites for hydroxylation is 1. The van der Waals surface area contributed by atoms with Gasteiger partial charge in [-0.2, -0.15) is 5.10 Å². The highest BCUT2D eigenvalue weighted by Crippen LogP contribution is 2.31. The third-order valence-electron chi connectivity index (χ3n) is 5.58. The lowest BCUT2D eigenvalue weighted by atomic mass is 9.96. The summed E-state index contributed by atoms with van der Waals surface area (Å²) in [6.07, 6.45) is 2.84.